The molecule has 0 bridgehead atoms. The Kier molecular flexibility index (Phi) is 3.68. The van der Waals surface area contributed by atoms with Gasteiger partial charge in [-0.1, -0.05) is 12.1 Å². The summed E-state index contributed by atoms with van der Waals surface area (Å²) in [6.07, 6.45) is 0.504. The number of aryl methyl sites for hydroxylation is 1. The molecule has 0 unspecified atom stereocenters. The summed E-state index contributed by atoms with van der Waals surface area (Å²) in [6.45, 7) is 0. The van der Waals surface area contributed by atoms with Gasteiger partial charge in [-0.2, -0.15) is 0 Å². The highest BCUT2D eigenvalue weighted by atomic mass is 16.4. The van der Waals surface area contributed by atoms with Gasteiger partial charge in [0, 0.05) is 12.1 Å². The van der Waals surface area contributed by atoms with E-state index in [2.05, 4.69) is 5.32 Å². The molecular weight excluding hydrogens is 196 g/mol. The predicted molar refractivity (Wildman–Crippen MR) is 55.6 cm³/mol. The van der Waals surface area contributed by atoms with Crippen molar-refractivity contribution in [3.05, 3.63) is 29.8 Å². The van der Waals surface area contributed by atoms with Crippen molar-refractivity contribution in [3.8, 4) is 0 Å². The molecule has 1 aromatic carbocycles. The van der Waals surface area contributed by atoms with Crippen LogP contribution in [0.3, 0.4) is 0 Å². The lowest BCUT2D eigenvalue weighted by atomic mass is 10.1. The first-order valence-electron chi connectivity index (χ1n) is 4.45. The highest BCUT2D eigenvalue weighted by Crippen LogP contribution is 2.11. The van der Waals surface area contributed by atoms with E-state index in [1.165, 1.54) is 0 Å². The number of aliphatic carboxylic acids is 1. The molecule has 5 nitrogen and oxygen atoms in total. The van der Waals surface area contributed by atoms with Gasteiger partial charge in [-0.15, -0.1) is 0 Å². The summed E-state index contributed by atoms with van der Waals surface area (Å²) >= 11 is 0. The Morgan fingerprint density at radius 3 is 2.73 bits per heavy atom. The van der Waals surface area contributed by atoms with Gasteiger partial charge in [0.1, 0.15) is 0 Å². The first-order valence-corrected chi connectivity index (χ1v) is 4.45. The minimum Gasteiger partial charge on any atom is -0.481 e. The smallest absolute Gasteiger partial charge is 0.316 e. The van der Waals surface area contributed by atoms with Crippen LogP contribution in [-0.2, 0) is 11.2 Å². The van der Waals surface area contributed by atoms with Crippen LogP contribution in [-0.4, -0.2) is 17.1 Å². The monoisotopic (exact) mass is 208 g/mol. The van der Waals surface area contributed by atoms with E-state index >= 15 is 0 Å². The van der Waals surface area contributed by atoms with Crippen LogP contribution in [0, 0.1) is 0 Å². The van der Waals surface area contributed by atoms with Crippen LogP contribution in [0.2, 0.25) is 0 Å². The van der Waals surface area contributed by atoms with Crippen LogP contribution in [0.25, 0.3) is 0 Å². The van der Waals surface area contributed by atoms with Crippen LogP contribution in [0.1, 0.15) is 12.0 Å². The quantitative estimate of drug-likeness (QED) is 0.694. The summed E-state index contributed by atoms with van der Waals surface area (Å²) in [4.78, 5) is 20.9. The SMILES string of the molecule is NC(=O)Nc1cccc(CCC(=O)O)c1. The molecule has 2 amide bonds. The summed E-state index contributed by atoms with van der Waals surface area (Å²) in [5.41, 5.74) is 6.38. The lowest BCUT2D eigenvalue weighted by Gasteiger charge is -2.04. The van der Waals surface area contributed by atoms with Crippen LogP contribution in [0.4, 0.5) is 10.5 Å². The van der Waals surface area contributed by atoms with E-state index in [1.807, 2.05) is 0 Å². The maximum Gasteiger partial charge on any atom is 0.316 e. The number of primary amides is 1. The molecule has 0 aliphatic heterocycles. The Bertz CT molecular complexity index is 377. The zero-order valence-corrected chi connectivity index (χ0v) is 8.06. The van der Waals surface area contributed by atoms with Crippen molar-refractivity contribution in [1.29, 1.82) is 0 Å². The Morgan fingerprint density at radius 2 is 2.13 bits per heavy atom. The number of carbonyl (C=O) groups is 2. The van der Waals surface area contributed by atoms with Crippen molar-refractivity contribution in [2.75, 3.05) is 5.32 Å². The number of amides is 2. The van der Waals surface area contributed by atoms with E-state index in [9.17, 15) is 9.59 Å². The highest BCUT2D eigenvalue weighted by molar-refractivity contribution is 5.87. The number of nitrogens with one attached hydrogen (secondary N) is 1. The molecule has 0 radical (unpaired) electrons. The van der Waals surface area contributed by atoms with Crippen molar-refractivity contribution >= 4 is 17.7 Å². The Hall–Kier alpha value is -2.04. The Morgan fingerprint density at radius 1 is 1.40 bits per heavy atom. The standard InChI is InChI=1S/C10H12N2O3/c11-10(15)12-8-3-1-2-7(6-8)4-5-9(13)14/h1-3,6H,4-5H2,(H,13,14)(H3,11,12,15). The summed E-state index contributed by atoms with van der Waals surface area (Å²) in [5.74, 6) is -0.844. The van der Waals surface area contributed by atoms with Crippen LogP contribution >= 0.6 is 0 Å². The number of carboxylic acid groups (broad SMARTS) is 1. The van der Waals surface area contributed by atoms with Gasteiger partial charge in [0.25, 0.3) is 0 Å². The summed E-state index contributed by atoms with van der Waals surface area (Å²) < 4.78 is 0. The molecule has 80 valence electrons. The molecule has 0 saturated carbocycles. The molecular formula is C10H12N2O3. The van der Waals surface area contributed by atoms with Crippen LogP contribution in [0.5, 0.6) is 0 Å². The average molecular weight is 208 g/mol. The minimum atomic E-state index is -0.844. The van der Waals surface area contributed by atoms with E-state index < -0.39 is 12.0 Å². The third-order valence-electron chi connectivity index (χ3n) is 1.82. The molecule has 0 fully saturated rings. The third-order valence-corrected chi connectivity index (χ3v) is 1.82. The molecule has 0 aliphatic rings. The normalized spacial score (nSPS) is 9.60. The summed E-state index contributed by atoms with van der Waals surface area (Å²) in [6, 6.07) is 6.30. The van der Waals surface area contributed by atoms with Crippen molar-refractivity contribution < 1.29 is 14.7 Å². The van der Waals surface area contributed by atoms with Crippen LogP contribution in [0.15, 0.2) is 24.3 Å². The van der Waals surface area contributed by atoms with E-state index in [0.717, 1.165) is 5.56 Å². The first-order chi connectivity index (χ1) is 7.08. The maximum atomic E-state index is 10.6. The maximum absolute atomic E-state index is 10.6. The lowest BCUT2D eigenvalue weighted by molar-refractivity contribution is -0.136. The number of benzene rings is 1. The zero-order chi connectivity index (χ0) is 11.3. The predicted octanol–water partition coefficient (Wildman–Crippen LogP) is 1.19. The molecule has 5 heteroatoms. The first kappa shape index (κ1) is 11.0. The van der Waals surface area contributed by atoms with Gasteiger partial charge in [0.2, 0.25) is 0 Å². The van der Waals surface area contributed by atoms with Gasteiger partial charge in [0.15, 0.2) is 0 Å². The molecule has 0 saturated heterocycles. The van der Waals surface area contributed by atoms with Gasteiger partial charge in [0.05, 0.1) is 0 Å². The van der Waals surface area contributed by atoms with Gasteiger partial charge >= 0.3 is 12.0 Å². The van der Waals surface area contributed by atoms with Gasteiger partial charge < -0.3 is 16.2 Å². The molecule has 15 heavy (non-hydrogen) atoms. The molecule has 4 N–H and O–H groups in total. The molecule has 1 aromatic rings. The van der Waals surface area contributed by atoms with Crippen molar-refractivity contribution in [1.82, 2.24) is 0 Å². The Labute approximate surface area is 86.9 Å². The second-order valence-corrected chi connectivity index (χ2v) is 3.08. The Balaban J connectivity index is 2.65. The topological polar surface area (TPSA) is 92.4 Å². The van der Waals surface area contributed by atoms with E-state index in [1.54, 1.807) is 24.3 Å². The summed E-state index contributed by atoms with van der Waals surface area (Å²) in [5, 5.41) is 10.9. The fourth-order valence-corrected chi connectivity index (χ4v) is 1.20. The van der Waals surface area contributed by atoms with Crippen molar-refractivity contribution in [2.45, 2.75) is 12.8 Å². The fraction of sp³-hybridized carbons (Fsp3) is 0.200. The molecule has 0 aliphatic carbocycles. The lowest BCUT2D eigenvalue weighted by Crippen LogP contribution is -2.19. The number of carbonyl (C=O) groups excluding carboxylic acids is 1. The van der Waals surface area contributed by atoms with E-state index in [4.69, 9.17) is 10.8 Å². The van der Waals surface area contributed by atoms with Gasteiger partial charge in [-0.3, -0.25) is 4.79 Å². The number of rotatable bonds is 4. The molecule has 1 rings (SSSR count). The number of carboxylic acids is 1. The molecule has 0 atom stereocenters. The van der Waals surface area contributed by atoms with Crippen molar-refractivity contribution in [3.63, 3.8) is 0 Å². The third kappa shape index (κ3) is 4.12. The molecule has 0 aromatic heterocycles. The fourth-order valence-electron chi connectivity index (χ4n) is 1.20. The molecule has 0 spiro atoms. The molecule has 0 heterocycles. The minimum absolute atomic E-state index is 0.0695. The second-order valence-electron chi connectivity index (χ2n) is 3.08. The van der Waals surface area contributed by atoms with Crippen LogP contribution < -0.4 is 11.1 Å². The second kappa shape index (κ2) is 4.99. The number of hydrogen-bond acceptors (Lipinski definition) is 2. The number of anilines is 1. The summed E-state index contributed by atoms with van der Waals surface area (Å²) in [7, 11) is 0. The largest absolute Gasteiger partial charge is 0.481 e. The number of nitrogens with two attached hydrogens (primary N) is 1. The van der Waals surface area contributed by atoms with E-state index in [-0.39, 0.29) is 6.42 Å². The van der Waals surface area contributed by atoms with E-state index in [0.29, 0.717) is 12.1 Å². The van der Waals surface area contributed by atoms with Gasteiger partial charge in [-0.25, -0.2) is 4.79 Å². The highest BCUT2D eigenvalue weighted by Gasteiger charge is 2.01. The van der Waals surface area contributed by atoms with Gasteiger partial charge in [-0.05, 0) is 24.1 Å². The number of urea groups is 1. The zero-order valence-electron chi connectivity index (χ0n) is 8.06. The average Bonchev–Trinajstić information content (AvgIpc) is 2.14. The van der Waals surface area contributed by atoms with Crippen molar-refractivity contribution in [2.24, 2.45) is 5.73 Å². The number of hydrogen-bond donors (Lipinski definition) is 3.